The van der Waals surface area contributed by atoms with Gasteiger partial charge in [-0.25, -0.2) is 0 Å². The Morgan fingerprint density at radius 1 is 1.10 bits per heavy atom. The lowest BCUT2D eigenvalue weighted by Crippen LogP contribution is -2.54. The van der Waals surface area contributed by atoms with Gasteiger partial charge in [-0.2, -0.15) is 0 Å². The standard InChI is InChI=1S/C19H29NO/c1-18-9-7-13(21)11-12(18)3-4-14-15-5-6-17(20)19(15,2)10-8-16(14)18/h5-7,9,12-17,21H,3-4,8,10-11,20H2,1-2H3/t12?,13?,14-,15-,16+,17?,18-,19-/m0/s1. The van der Waals surface area contributed by atoms with Crippen LogP contribution in [-0.4, -0.2) is 17.3 Å². The summed E-state index contributed by atoms with van der Waals surface area (Å²) in [5.74, 6) is 2.90. The molecule has 0 aromatic heterocycles. The molecule has 4 aliphatic rings. The van der Waals surface area contributed by atoms with Gasteiger partial charge in [0.15, 0.2) is 0 Å². The predicted molar refractivity (Wildman–Crippen MR) is 85.5 cm³/mol. The van der Waals surface area contributed by atoms with Crippen LogP contribution in [0.4, 0.5) is 0 Å². The first-order valence-corrected chi connectivity index (χ1v) is 8.76. The van der Waals surface area contributed by atoms with E-state index in [0.717, 1.165) is 18.3 Å². The van der Waals surface area contributed by atoms with E-state index in [2.05, 4.69) is 38.2 Å². The lowest BCUT2D eigenvalue weighted by molar-refractivity contribution is -0.0704. The fourth-order valence-corrected chi connectivity index (χ4v) is 6.28. The molecular weight excluding hydrogens is 258 g/mol. The third kappa shape index (κ3) is 1.78. The van der Waals surface area contributed by atoms with Crippen LogP contribution in [0.15, 0.2) is 24.3 Å². The van der Waals surface area contributed by atoms with Crippen molar-refractivity contribution in [3.8, 4) is 0 Å². The van der Waals surface area contributed by atoms with Crippen LogP contribution < -0.4 is 5.73 Å². The minimum absolute atomic E-state index is 0.215. The Hall–Kier alpha value is -0.600. The Labute approximate surface area is 128 Å². The summed E-state index contributed by atoms with van der Waals surface area (Å²) in [4.78, 5) is 0. The van der Waals surface area contributed by atoms with Crippen molar-refractivity contribution >= 4 is 0 Å². The predicted octanol–water partition coefficient (Wildman–Crippen LogP) is 3.27. The van der Waals surface area contributed by atoms with Gasteiger partial charge < -0.3 is 10.8 Å². The van der Waals surface area contributed by atoms with Crippen LogP contribution in [0.1, 0.15) is 46.0 Å². The molecule has 4 aliphatic carbocycles. The molecule has 3 unspecified atom stereocenters. The van der Waals surface area contributed by atoms with Crippen molar-refractivity contribution in [1.82, 2.24) is 0 Å². The molecule has 8 atom stereocenters. The molecule has 2 fully saturated rings. The highest BCUT2D eigenvalue weighted by Gasteiger charge is 2.57. The SMILES string of the molecule is C[C@]12C=CC(O)CC1CC[C@@H]1[C@H]2CC[C@]2(C)C(N)C=C[C@@H]12. The summed E-state index contributed by atoms with van der Waals surface area (Å²) < 4.78 is 0. The van der Waals surface area contributed by atoms with Gasteiger partial charge in [-0.15, -0.1) is 0 Å². The molecule has 2 nitrogen and oxygen atoms in total. The van der Waals surface area contributed by atoms with E-state index in [1.165, 1.54) is 25.7 Å². The average molecular weight is 287 g/mol. The number of fused-ring (bicyclic) bond motifs is 5. The molecule has 0 radical (unpaired) electrons. The van der Waals surface area contributed by atoms with Gasteiger partial charge in [-0.05, 0) is 66.6 Å². The minimum Gasteiger partial charge on any atom is -0.389 e. The molecule has 116 valence electrons. The molecule has 3 N–H and O–H groups in total. The normalized spacial score (nSPS) is 58.5. The van der Waals surface area contributed by atoms with Gasteiger partial charge in [-0.1, -0.05) is 38.2 Å². The van der Waals surface area contributed by atoms with Gasteiger partial charge in [0.25, 0.3) is 0 Å². The van der Waals surface area contributed by atoms with Gasteiger partial charge in [0.1, 0.15) is 0 Å². The molecule has 2 heteroatoms. The van der Waals surface area contributed by atoms with Gasteiger partial charge in [-0.3, -0.25) is 0 Å². The van der Waals surface area contributed by atoms with Crippen molar-refractivity contribution in [2.24, 2.45) is 40.2 Å². The third-order valence-electron chi connectivity index (χ3n) is 7.75. The van der Waals surface area contributed by atoms with E-state index in [4.69, 9.17) is 5.73 Å². The van der Waals surface area contributed by atoms with Crippen LogP contribution in [-0.2, 0) is 0 Å². The molecule has 0 aromatic rings. The van der Waals surface area contributed by atoms with Gasteiger partial charge >= 0.3 is 0 Å². The molecule has 2 saturated carbocycles. The molecule has 0 spiro atoms. The molecule has 0 aromatic carbocycles. The van der Waals surface area contributed by atoms with Crippen LogP contribution in [0.5, 0.6) is 0 Å². The fourth-order valence-electron chi connectivity index (χ4n) is 6.28. The minimum atomic E-state index is -0.215. The van der Waals surface area contributed by atoms with Crippen LogP contribution in [0.25, 0.3) is 0 Å². The zero-order valence-electron chi connectivity index (χ0n) is 13.3. The molecule has 0 aliphatic heterocycles. The zero-order chi connectivity index (χ0) is 14.8. The van der Waals surface area contributed by atoms with Crippen molar-refractivity contribution in [3.63, 3.8) is 0 Å². The van der Waals surface area contributed by atoms with E-state index in [1.54, 1.807) is 0 Å². The molecule has 0 amide bonds. The molecule has 21 heavy (non-hydrogen) atoms. The number of hydrogen-bond acceptors (Lipinski definition) is 2. The Bertz CT molecular complexity index is 498. The topological polar surface area (TPSA) is 46.2 Å². The van der Waals surface area contributed by atoms with E-state index in [1.807, 2.05) is 0 Å². The number of nitrogens with two attached hydrogens (primary N) is 1. The number of aliphatic hydroxyl groups is 1. The molecular formula is C19H29NO. The fraction of sp³-hybridized carbons (Fsp3) is 0.789. The van der Waals surface area contributed by atoms with Crippen LogP contribution in [0.3, 0.4) is 0 Å². The first-order valence-electron chi connectivity index (χ1n) is 8.76. The lowest BCUT2D eigenvalue weighted by Gasteiger charge is -2.59. The second-order valence-electron chi connectivity index (χ2n) is 8.55. The largest absolute Gasteiger partial charge is 0.389 e. The van der Waals surface area contributed by atoms with Crippen molar-refractivity contribution in [2.45, 2.75) is 58.1 Å². The molecule has 0 saturated heterocycles. The quantitative estimate of drug-likeness (QED) is 0.672. The zero-order valence-corrected chi connectivity index (χ0v) is 13.3. The third-order valence-corrected chi connectivity index (χ3v) is 7.75. The van der Waals surface area contributed by atoms with E-state index < -0.39 is 0 Å². The summed E-state index contributed by atoms with van der Waals surface area (Å²) >= 11 is 0. The number of allylic oxidation sites excluding steroid dienone is 2. The lowest BCUT2D eigenvalue weighted by atomic mass is 9.46. The Morgan fingerprint density at radius 2 is 1.90 bits per heavy atom. The Morgan fingerprint density at radius 3 is 2.71 bits per heavy atom. The molecule has 4 rings (SSSR count). The summed E-state index contributed by atoms with van der Waals surface area (Å²) in [6.07, 6.45) is 15.0. The number of rotatable bonds is 0. The van der Waals surface area contributed by atoms with Crippen molar-refractivity contribution in [3.05, 3.63) is 24.3 Å². The summed E-state index contributed by atoms with van der Waals surface area (Å²) in [5.41, 5.74) is 6.98. The van der Waals surface area contributed by atoms with E-state index in [-0.39, 0.29) is 12.1 Å². The Kier molecular flexibility index (Phi) is 2.97. The maximum atomic E-state index is 9.97. The van der Waals surface area contributed by atoms with E-state index in [9.17, 15) is 5.11 Å². The van der Waals surface area contributed by atoms with Gasteiger partial charge in [0.2, 0.25) is 0 Å². The molecule has 0 bridgehead atoms. The van der Waals surface area contributed by atoms with E-state index >= 15 is 0 Å². The van der Waals surface area contributed by atoms with Crippen LogP contribution >= 0.6 is 0 Å². The average Bonchev–Trinajstić information content (AvgIpc) is 2.76. The number of hydrogen-bond donors (Lipinski definition) is 2. The summed E-state index contributed by atoms with van der Waals surface area (Å²) in [5, 5.41) is 9.97. The number of aliphatic hydroxyl groups excluding tert-OH is 1. The highest BCUT2D eigenvalue weighted by Crippen LogP contribution is 2.63. The maximum Gasteiger partial charge on any atom is 0.0724 e. The van der Waals surface area contributed by atoms with Crippen molar-refractivity contribution < 1.29 is 5.11 Å². The maximum absolute atomic E-state index is 9.97. The van der Waals surface area contributed by atoms with Gasteiger partial charge in [0.05, 0.1) is 6.10 Å². The summed E-state index contributed by atoms with van der Waals surface area (Å²) in [6.45, 7) is 4.87. The highest BCUT2D eigenvalue weighted by molar-refractivity contribution is 5.23. The Balaban J connectivity index is 1.68. The van der Waals surface area contributed by atoms with Crippen molar-refractivity contribution in [1.29, 1.82) is 0 Å². The first-order chi connectivity index (χ1) is 9.95. The van der Waals surface area contributed by atoms with E-state index in [0.29, 0.717) is 22.7 Å². The summed E-state index contributed by atoms with van der Waals surface area (Å²) in [6, 6.07) is 0.248. The van der Waals surface area contributed by atoms with Crippen LogP contribution in [0, 0.1) is 34.5 Å². The van der Waals surface area contributed by atoms with Gasteiger partial charge in [0, 0.05) is 6.04 Å². The second kappa shape index (κ2) is 4.45. The first kappa shape index (κ1) is 14.0. The highest BCUT2D eigenvalue weighted by atomic mass is 16.3. The molecule has 0 heterocycles. The monoisotopic (exact) mass is 287 g/mol. The summed E-state index contributed by atoms with van der Waals surface area (Å²) in [7, 11) is 0. The smallest absolute Gasteiger partial charge is 0.0724 e. The van der Waals surface area contributed by atoms with Crippen molar-refractivity contribution in [2.75, 3.05) is 0 Å². The van der Waals surface area contributed by atoms with Crippen LogP contribution in [0.2, 0.25) is 0 Å². The second-order valence-corrected chi connectivity index (χ2v) is 8.55.